The third kappa shape index (κ3) is 2.31. The molecule has 3 heteroatoms. The topological polar surface area (TPSA) is 25.2 Å². The van der Waals surface area contributed by atoms with E-state index in [2.05, 4.69) is 5.32 Å². The Balaban J connectivity index is 2.28. The number of benzene rings is 1. The highest BCUT2D eigenvalue weighted by Gasteiger charge is 2.06. The average Bonchev–Trinajstić information content (AvgIpc) is 2.81. The summed E-state index contributed by atoms with van der Waals surface area (Å²) in [5.41, 5.74) is 1.56. The Morgan fingerprint density at radius 1 is 1.31 bits per heavy atom. The van der Waals surface area contributed by atoms with Crippen molar-refractivity contribution in [2.45, 2.75) is 13.5 Å². The van der Waals surface area contributed by atoms with Crippen LogP contribution in [0.5, 0.6) is 0 Å². The molecule has 0 saturated carbocycles. The molecule has 1 N–H and O–H groups in total. The van der Waals surface area contributed by atoms with E-state index in [4.69, 9.17) is 4.42 Å². The molecule has 0 radical (unpaired) electrons. The van der Waals surface area contributed by atoms with Crippen LogP contribution in [-0.4, -0.2) is 6.54 Å². The lowest BCUT2D eigenvalue weighted by molar-refractivity contribution is 0.578. The van der Waals surface area contributed by atoms with Crippen molar-refractivity contribution >= 4 is 0 Å². The van der Waals surface area contributed by atoms with Gasteiger partial charge in [-0.3, -0.25) is 0 Å². The largest absolute Gasteiger partial charge is 0.464 e. The highest BCUT2D eigenvalue weighted by atomic mass is 19.1. The molecule has 2 aromatic rings. The summed E-state index contributed by atoms with van der Waals surface area (Å²) in [5, 5.41) is 3.11. The van der Waals surface area contributed by atoms with Crippen LogP contribution in [-0.2, 0) is 6.54 Å². The summed E-state index contributed by atoms with van der Waals surface area (Å²) in [4.78, 5) is 0. The van der Waals surface area contributed by atoms with Gasteiger partial charge in [0.2, 0.25) is 0 Å². The molecule has 0 fully saturated rings. The second kappa shape index (κ2) is 4.94. The number of hydrogen-bond acceptors (Lipinski definition) is 2. The van der Waals surface area contributed by atoms with Crippen LogP contribution in [0, 0.1) is 5.82 Å². The first-order valence-electron chi connectivity index (χ1n) is 5.34. The van der Waals surface area contributed by atoms with Gasteiger partial charge in [0, 0.05) is 17.7 Å². The molecule has 84 valence electrons. The number of nitrogens with one attached hydrogen (secondary N) is 1. The Kier molecular flexibility index (Phi) is 3.37. The van der Waals surface area contributed by atoms with E-state index in [1.165, 1.54) is 6.07 Å². The molecule has 0 saturated heterocycles. The molecule has 1 heterocycles. The van der Waals surface area contributed by atoms with Crippen molar-refractivity contribution < 1.29 is 8.81 Å². The van der Waals surface area contributed by atoms with Gasteiger partial charge in [-0.25, -0.2) is 4.39 Å². The summed E-state index contributed by atoms with van der Waals surface area (Å²) in [5.74, 6) is 0.578. The Morgan fingerprint density at radius 3 is 2.88 bits per heavy atom. The number of halogens is 1. The van der Waals surface area contributed by atoms with E-state index in [0.717, 1.165) is 17.9 Å². The Labute approximate surface area is 94.1 Å². The number of furan rings is 1. The predicted octanol–water partition coefficient (Wildman–Crippen LogP) is 3.20. The van der Waals surface area contributed by atoms with Crippen LogP contribution in [0.3, 0.4) is 0 Å². The summed E-state index contributed by atoms with van der Waals surface area (Å²) >= 11 is 0. The van der Waals surface area contributed by atoms with Crippen molar-refractivity contribution in [3.8, 4) is 11.3 Å². The molecule has 2 nitrogen and oxygen atoms in total. The minimum absolute atomic E-state index is 0.184. The molecule has 0 unspecified atom stereocenters. The summed E-state index contributed by atoms with van der Waals surface area (Å²) < 4.78 is 18.7. The van der Waals surface area contributed by atoms with Crippen molar-refractivity contribution in [2.24, 2.45) is 0 Å². The fourth-order valence-corrected chi connectivity index (χ4v) is 1.57. The predicted molar refractivity (Wildman–Crippen MR) is 61.5 cm³/mol. The SMILES string of the molecule is CCNCc1cc(-c2ccco2)ccc1F. The van der Waals surface area contributed by atoms with Crippen molar-refractivity contribution in [3.63, 3.8) is 0 Å². The molecule has 0 aliphatic carbocycles. The maximum atomic E-state index is 13.5. The van der Waals surface area contributed by atoms with Gasteiger partial charge in [0.15, 0.2) is 0 Å². The van der Waals surface area contributed by atoms with Gasteiger partial charge < -0.3 is 9.73 Å². The monoisotopic (exact) mass is 219 g/mol. The van der Waals surface area contributed by atoms with Crippen molar-refractivity contribution in [3.05, 3.63) is 48.0 Å². The molecular formula is C13H14FNO. The number of rotatable bonds is 4. The second-order valence-electron chi connectivity index (χ2n) is 3.56. The van der Waals surface area contributed by atoms with Gasteiger partial charge in [-0.05, 0) is 36.9 Å². The molecule has 0 bridgehead atoms. The van der Waals surface area contributed by atoms with E-state index >= 15 is 0 Å². The highest BCUT2D eigenvalue weighted by molar-refractivity contribution is 5.58. The van der Waals surface area contributed by atoms with E-state index in [0.29, 0.717) is 12.1 Å². The molecule has 0 atom stereocenters. The van der Waals surface area contributed by atoms with Crippen LogP contribution in [0.25, 0.3) is 11.3 Å². The van der Waals surface area contributed by atoms with Gasteiger partial charge in [0.05, 0.1) is 6.26 Å². The zero-order valence-electron chi connectivity index (χ0n) is 9.16. The lowest BCUT2D eigenvalue weighted by atomic mass is 10.1. The first kappa shape index (κ1) is 10.9. The zero-order chi connectivity index (χ0) is 11.4. The van der Waals surface area contributed by atoms with Crippen LogP contribution in [0.1, 0.15) is 12.5 Å². The van der Waals surface area contributed by atoms with Gasteiger partial charge >= 0.3 is 0 Å². The molecule has 0 spiro atoms. The summed E-state index contributed by atoms with van der Waals surface area (Å²) in [6, 6.07) is 8.71. The molecule has 0 aliphatic rings. The zero-order valence-corrected chi connectivity index (χ0v) is 9.16. The van der Waals surface area contributed by atoms with E-state index in [9.17, 15) is 4.39 Å². The Bertz CT molecular complexity index is 451. The molecular weight excluding hydrogens is 205 g/mol. The van der Waals surface area contributed by atoms with Gasteiger partial charge in [-0.1, -0.05) is 6.92 Å². The molecule has 0 amide bonds. The molecule has 0 aliphatic heterocycles. The van der Waals surface area contributed by atoms with E-state index in [1.807, 2.05) is 25.1 Å². The smallest absolute Gasteiger partial charge is 0.133 e. The minimum atomic E-state index is -0.184. The van der Waals surface area contributed by atoms with Crippen LogP contribution in [0.2, 0.25) is 0 Å². The maximum absolute atomic E-state index is 13.5. The summed E-state index contributed by atoms with van der Waals surface area (Å²) in [6.07, 6.45) is 1.61. The normalized spacial score (nSPS) is 10.6. The fraction of sp³-hybridized carbons (Fsp3) is 0.231. The Hall–Kier alpha value is -1.61. The van der Waals surface area contributed by atoms with Crippen LogP contribution in [0.15, 0.2) is 41.0 Å². The quantitative estimate of drug-likeness (QED) is 0.854. The lowest BCUT2D eigenvalue weighted by Crippen LogP contribution is -2.12. The molecule has 2 rings (SSSR count). The van der Waals surface area contributed by atoms with E-state index in [1.54, 1.807) is 12.3 Å². The van der Waals surface area contributed by atoms with Crippen LogP contribution in [0.4, 0.5) is 4.39 Å². The van der Waals surface area contributed by atoms with Crippen molar-refractivity contribution in [1.82, 2.24) is 5.32 Å². The van der Waals surface area contributed by atoms with Crippen molar-refractivity contribution in [1.29, 1.82) is 0 Å². The summed E-state index contributed by atoms with van der Waals surface area (Å²) in [6.45, 7) is 3.36. The van der Waals surface area contributed by atoms with Gasteiger partial charge in [0.1, 0.15) is 11.6 Å². The third-order valence-electron chi connectivity index (χ3n) is 2.42. The van der Waals surface area contributed by atoms with E-state index < -0.39 is 0 Å². The van der Waals surface area contributed by atoms with Crippen molar-refractivity contribution in [2.75, 3.05) is 6.54 Å². The molecule has 1 aromatic carbocycles. The fourth-order valence-electron chi connectivity index (χ4n) is 1.57. The first-order valence-corrected chi connectivity index (χ1v) is 5.34. The lowest BCUT2D eigenvalue weighted by Gasteiger charge is -2.05. The average molecular weight is 219 g/mol. The van der Waals surface area contributed by atoms with Gasteiger partial charge in [-0.2, -0.15) is 0 Å². The van der Waals surface area contributed by atoms with Gasteiger partial charge in [-0.15, -0.1) is 0 Å². The Morgan fingerprint density at radius 2 is 2.19 bits per heavy atom. The molecule has 1 aromatic heterocycles. The third-order valence-corrected chi connectivity index (χ3v) is 2.42. The maximum Gasteiger partial charge on any atom is 0.133 e. The second-order valence-corrected chi connectivity index (χ2v) is 3.56. The minimum Gasteiger partial charge on any atom is -0.464 e. The highest BCUT2D eigenvalue weighted by Crippen LogP contribution is 2.22. The standard InChI is InChI=1S/C13H14FNO/c1-2-15-9-11-8-10(5-6-12(11)14)13-4-3-7-16-13/h3-8,15H,2,9H2,1H3. The summed E-state index contributed by atoms with van der Waals surface area (Å²) in [7, 11) is 0. The van der Waals surface area contributed by atoms with Crippen LogP contribution < -0.4 is 5.32 Å². The van der Waals surface area contributed by atoms with Gasteiger partial charge in [0.25, 0.3) is 0 Å². The molecule has 16 heavy (non-hydrogen) atoms. The van der Waals surface area contributed by atoms with E-state index in [-0.39, 0.29) is 5.82 Å². The number of hydrogen-bond donors (Lipinski definition) is 1. The van der Waals surface area contributed by atoms with Crippen LogP contribution >= 0.6 is 0 Å². The first-order chi connectivity index (χ1) is 7.81.